The zero-order valence-electron chi connectivity index (χ0n) is 37.4. The van der Waals surface area contributed by atoms with E-state index >= 15 is 0 Å². The first-order valence-electron chi connectivity index (χ1n) is 24.4. The molecule has 0 radical (unpaired) electrons. The van der Waals surface area contributed by atoms with E-state index < -0.39 is 6.10 Å². The first-order chi connectivity index (χ1) is 26.9. The van der Waals surface area contributed by atoms with Gasteiger partial charge in [0, 0.05) is 19.3 Å². The molecule has 0 aliphatic heterocycles. The normalized spacial score (nSPS) is 11.9. The molecule has 0 unspecified atom stereocenters. The molecule has 0 N–H and O–H groups in total. The Morgan fingerprint density at radius 3 is 0.891 bits per heavy atom. The van der Waals surface area contributed by atoms with Crippen molar-refractivity contribution in [3.05, 3.63) is 0 Å². The number of rotatable bonds is 44. The standard InChI is InChI=1S/C49H94O6/c1-5-7-9-11-13-14-15-16-17-18-19-20-21-25-29-33-37-41-48(51)54-44-46(43-53-47(50)40-36-32-27-12-10-8-6-2)55-49(52)42-38-34-30-26-23-22-24-28-31-35-39-45(3)4/h45-46H,5-44H2,1-4H3/t46-/m1/s1. The molecule has 6 nitrogen and oxygen atoms in total. The second-order valence-electron chi connectivity index (χ2n) is 17.2. The van der Waals surface area contributed by atoms with Crippen molar-refractivity contribution in [3.63, 3.8) is 0 Å². The number of hydrogen-bond acceptors (Lipinski definition) is 6. The fourth-order valence-electron chi connectivity index (χ4n) is 7.33. The molecule has 0 aromatic rings. The quantitative estimate of drug-likeness (QED) is 0.0348. The Morgan fingerprint density at radius 1 is 0.345 bits per heavy atom. The molecule has 0 aromatic carbocycles. The molecule has 0 rings (SSSR count). The largest absolute Gasteiger partial charge is 0.462 e. The Labute approximate surface area is 342 Å². The van der Waals surface area contributed by atoms with E-state index in [4.69, 9.17) is 14.2 Å². The third kappa shape index (κ3) is 43.4. The highest BCUT2D eigenvalue weighted by Gasteiger charge is 2.19. The van der Waals surface area contributed by atoms with Crippen molar-refractivity contribution in [2.75, 3.05) is 13.2 Å². The molecule has 0 spiro atoms. The van der Waals surface area contributed by atoms with E-state index in [0.717, 1.165) is 63.7 Å². The van der Waals surface area contributed by atoms with Gasteiger partial charge in [-0.1, -0.05) is 233 Å². The SMILES string of the molecule is CCCCCCCCCCCCCCCCCCCC(=O)OC[C@@H](COC(=O)CCCCCCCCC)OC(=O)CCCCCCCCCCCCC(C)C. The van der Waals surface area contributed by atoms with Gasteiger partial charge in [-0.2, -0.15) is 0 Å². The van der Waals surface area contributed by atoms with Gasteiger partial charge in [0.2, 0.25) is 0 Å². The molecule has 0 fully saturated rings. The molecule has 0 amide bonds. The molecular weight excluding hydrogens is 685 g/mol. The van der Waals surface area contributed by atoms with E-state index in [0.29, 0.717) is 19.3 Å². The summed E-state index contributed by atoms with van der Waals surface area (Å²) < 4.78 is 16.7. The van der Waals surface area contributed by atoms with Gasteiger partial charge in [-0.15, -0.1) is 0 Å². The first kappa shape index (κ1) is 53.4. The third-order valence-corrected chi connectivity index (χ3v) is 11.0. The fourth-order valence-corrected chi connectivity index (χ4v) is 7.33. The van der Waals surface area contributed by atoms with Gasteiger partial charge in [0.15, 0.2) is 6.10 Å². The van der Waals surface area contributed by atoms with Crippen molar-refractivity contribution >= 4 is 17.9 Å². The second kappa shape index (κ2) is 43.5. The first-order valence-corrected chi connectivity index (χ1v) is 24.4. The van der Waals surface area contributed by atoms with E-state index in [1.165, 1.54) is 167 Å². The lowest BCUT2D eigenvalue weighted by atomic mass is 10.0. The summed E-state index contributed by atoms with van der Waals surface area (Å²) in [6.45, 7) is 8.96. The zero-order chi connectivity index (χ0) is 40.3. The Kier molecular flexibility index (Phi) is 42.3. The molecule has 0 bridgehead atoms. The van der Waals surface area contributed by atoms with Crippen LogP contribution in [0.3, 0.4) is 0 Å². The van der Waals surface area contributed by atoms with Crippen LogP contribution in [-0.2, 0) is 28.6 Å². The monoisotopic (exact) mass is 779 g/mol. The van der Waals surface area contributed by atoms with E-state index in [1.54, 1.807) is 0 Å². The van der Waals surface area contributed by atoms with Crippen molar-refractivity contribution in [2.45, 2.75) is 278 Å². The minimum Gasteiger partial charge on any atom is -0.462 e. The Bertz CT molecular complexity index is 826. The lowest BCUT2D eigenvalue weighted by molar-refractivity contribution is -0.167. The highest BCUT2D eigenvalue weighted by Crippen LogP contribution is 2.17. The minimum absolute atomic E-state index is 0.0638. The van der Waals surface area contributed by atoms with Crippen LogP contribution >= 0.6 is 0 Å². The number of carbonyl (C=O) groups is 3. The highest BCUT2D eigenvalue weighted by atomic mass is 16.6. The van der Waals surface area contributed by atoms with E-state index in [9.17, 15) is 14.4 Å². The van der Waals surface area contributed by atoms with E-state index in [2.05, 4.69) is 27.7 Å². The van der Waals surface area contributed by atoms with Crippen LogP contribution in [0.25, 0.3) is 0 Å². The lowest BCUT2D eigenvalue weighted by Gasteiger charge is -2.18. The minimum atomic E-state index is -0.759. The average molecular weight is 779 g/mol. The number of hydrogen-bond donors (Lipinski definition) is 0. The summed E-state index contributed by atoms with van der Waals surface area (Å²) in [5.41, 5.74) is 0. The lowest BCUT2D eigenvalue weighted by Crippen LogP contribution is -2.30. The van der Waals surface area contributed by atoms with E-state index in [1.807, 2.05) is 0 Å². The third-order valence-electron chi connectivity index (χ3n) is 11.0. The topological polar surface area (TPSA) is 78.9 Å². The molecule has 1 atom stereocenters. The highest BCUT2D eigenvalue weighted by molar-refractivity contribution is 5.71. The molecule has 0 aliphatic carbocycles. The van der Waals surface area contributed by atoms with Crippen molar-refractivity contribution in [1.29, 1.82) is 0 Å². The van der Waals surface area contributed by atoms with Crippen molar-refractivity contribution in [2.24, 2.45) is 5.92 Å². The number of carbonyl (C=O) groups excluding carboxylic acids is 3. The van der Waals surface area contributed by atoms with Crippen LogP contribution in [0.2, 0.25) is 0 Å². The van der Waals surface area contributed by atoms with Crippen LogP contribution in [0.4, 0.5) is 0 Å². The van der Waals surface area contributed by atoms with Crippen LogP contribution < -0.4 is 0 Å². The molecule has 0 heterocycles. The van der Waals surface area contributed by atoms with Crippen LogP contribution in [0, 0.1) is 5.92 Å². The van der Waals surface area contributed by atoms with Gasteiger partial charge in [0.1, 0.15) is 13.2 Å². The molecule has 0 saturated carbocycles. The Hall–Kier alpha value is -1.59. The number of unbranched alkanes of at least 4 members (excludes halogenated alkanes) is 31. The molecule has 0 aliphatic rings. The summed E-state index contributed by atoms with van der Waals surface area (Å²) in [5, 5.41) is 0. The van der Waals surface area contributed by atoms with Crippen LogP contribution in [-0.4, -0.2) is 37.2 Å². The molecule has 55 heavy (non-hydrogen) atoms. The summed E-state index contributed by atoms with van der Waals surface area (Å²) in [6.07, 6.45) is 43.9. The molecule has 0 saturated heterocycles. The Balaban J connectivity index is 4.21. The molecule has 6 heteroatoms. The maximum absolute atomic E-state index is 12.7. The summed E-state index contributed by atoms with van der Waals surface area (Å²) in [5.74, 6) is -0.0401. The fraction of sp³-hybridized carbons (Fsp3) is 0.939. The molecule has 0 aromatic heterocycles. The zero-order valence-corrected chi connectivity index (χ0v) is 37.4. The summed E-state index contributed by atoms with van der Waals surface area (Å²) in [7, 11) is 0. The van der Waals surface area contributed by atoms with Gasteiger partial charge < -0.3 is 14.2 Å². The summed E-state index contributed by atoms with van der Waals surface area (Å²) >= 11 is 0. The van der Waals surface area contributed by atoms with Gasteiger partial charge in [-0.05, 0) is 25.2 Å². The predicted molar refractivity (Wildman–Crippen MR) is 233 cm³/mol. The van der Waals surface area contributed by atoms with Gasteiger partial charge in [-0.25, -0.2) is 0 Å². The van der Waals surface area contributed by atoms with Gasteiger partial charge in [0.25, 0.3) is 0 Å². The maximum atomic E-state index is 12.7. The van der Waals surface area contributed by atoms with Crippen LogP contribution in [0.1, 0.15) is 272 Å². The predicted octanol–water partition coefficient (Wildman–Crippen LogP) is 15.5. The maximum Gasteiger partial charge on any atom is 0.306 e. The Morgan fingerprint density at radius 2 is 0.600 bits per heavy atom. The number of ether oxygens (including phenoxy) is 3. The van der Waals surface area contributed by atoms with Crippen LogP contribution in [0.5, 0.6) is 0 Å². The molecular formula is C49H94O6. The molecule has 326 valence electrons. The van der Waals surface area contributed by atoms with E-state index in [-0.39, 0.29) is 31.1 Å². The van der Waals surface area contributed by atoms with Crippen molar-refractivity contribution in [1.82, 2.24) is 0 Å². The van der Waals surface area contributed by atoms with Gasteiger partial charge in [0.05, 0.1) is 0 Å². The van der Waals surface area contributed by atoms with Crippen LogP contribution in [0.15, 0.2) is 0 Å². The van der Waals surface area contributed by atoms with Gasteiger partial charge >= 0.3 is 17.9 Å². The summed E-state index contributed by atoms with van der Waals surface area (Å²) in [4.78, 5) is 37.7. The van der Waals surface area contributed by atoms with Crippen molar-refractivity contribution in [3.8, 4) is 0 Å². The van der Waals surface area contributed by atoms with Crippen molar-refractivity contribution < 1.29 is 28.6 Å². The smallest absolute Gasteiger partial charge is 0.306 e. The summed E-state index contributed by atoms with van der Waals surface area (Å²) in [6, 6.07) is 0. The number of esters is 3. The second-order valence-corrected chi connectivity index (χ2v) is 17.2. The van der Waals surface area contributed by atoms with Gasteiger partial charge in [-0.3, -0.25) is 14.4 Å². The average Bonchev–Trinajstić information content (AvgIpc) is 3.17.